The molecule has 0 aliphatic carbocycles. The Labute approximate surface area is 675 Å². The predicted octanol–water partition coefficient (Wildman–Crippen LogP) is 11.1. The summed E-state index contributed by atoms with van der Waals surface area (Å²) in [6, 6.07) is 38.2. The number of nitrogens with zero attached hydrogens (tertiary/aromatic N) is 20. The third-order valence-corrected chi connectivity index (χ3v) is 19.6. The van der Waals surface area contributed by atoms with Crippen LogP contribution in [0.15, 0.2) is 160 Å². The number of rotatable bonds is 22. The fourth-order valence-electron chi connectivity index (χ4n) is 12.9. The number of aliphatic hydroxyl groups excluding tert-OH is 1. The minimum Gasteiger partial charge on any atom is -0.478 e. The summed E-state index contributed by atoms with van der Waals surface area (Å²) in [6.07, 6.45) is 13.5. The highest BCUT2D eigenvalue weighted by Gasteiger charge is 2.28. The van der Waals surface area contributed by atoms with Crippen molar-refractivity contribution in [2.24, 2.45) is 0 Å². The zero-order valence-corrected chi connectivity index (χ0v) is 63.1. The van der Waals surface area contributed by atoms with Crippen LogP contribution in [0, 0.1) is 0 Å². The Morgan fingerprint density at radius 2 is 0.802 bits per heavy atom. The van der Waals surface area contributed by atoms with Gasteiger partial charge >= 0.3 is 5.97 Å². The summed E-state index contributed by atoms with van der Waals surface area (Å²) in [5.74, 6) is 2.65. The molecule has 5 aliphatic heterocycles. The molecule has 602 valence electrons. The number of benzene rings is 3. The summed E-state index contributed by atoms with van der Waals surface area (Å²) in [4.78, 5) is 52.4. The minimum atomic E-state index is -1.04. The van der Waals surface area contributed by atoms with E-state index < -0.39 is 5.97 Å². The number of halogens is 1. The van der Waals surface area contributed by atoms with Crippen molar-refractivity contribution in [2.75, 3.05) is 52.5 Å². The first-order valence-electron chi connectivity index (χ1n) is 40.7. The Morgan fingerprint density at radius 3 is 1.10 bits per heavy atom. The fourth-order valence-corrected chi connectivity index (χ4v) is 12.9. The van der Waals surface area contributed by atoms with Gasteiger partial charge < -0.3 is 72.1 Å². The molecular formula is C79H84ClN21O15. The first kappa shape index (κ1) is 73.2. The molecule has 3 N–H and O–H groups in total. The summed E-state index contributed by atoms with van der Waals surface area (Å²) < 4.78 is 91.8. The predicted molar refractivity (Wildman–Crippen MR) is 421 cm³/mol. The van der Waals surface area contributed by atoms with Gasteiger partial charge in [-0.1, -0.05) is 70.1 Å². The van der Waals surface area contributed by atoms with Gasteiger partial charge in [-0.15, -0.1) is 58.3 Å². The van der Waals surface area contributed by atoms with E-state index >= 15 is 0 Å². The van der Waals surface area contributed by atoms with E-state index in [9.17, 15) is 19.5 Å². The monoisotopic (exact) mass is 1610 g/mol. The number of likely N-dealkylation sites (tertiary alicyclic amines) is 2. The number of carbonyl (C=O) groups excluding carboxylic acids is 2. The molecule has 2 amide bonds. The van der Waals surface area contributed by atoms with Gasteiger partial charge in [-0.05, 0) is 125 Å². The first-order valence-corrected chi connectivity index (χ1v) is 37.7. The van der Waals surface area contributed by atoms with Crippen LogP contribution in [0.1, 0.15) is 134 Å². The average Bonchev–Trinajstić information content (AvgIpc) is 1.64. The maximum Gasteiger partial charge on any atom is 0.337 e. The van der Waals surface area contributed by atoms with Crippen molar-refractivity contribution in [1.29, 1.82) is 0 Å². The molecule has 17 heterocycles. The van der Waals surface area contributed by atoms with Gasteiger partial charge in [0.05, 0.1) is 33.8 Å². The smallest absolute Gasteiger partial charge is 0.337 e. The fraction of sp³-hybridized carbons (Fsp3) is 0.316. The molecule has 15 aromatic rings. The largest absolute Gasteiger partial charge is 0.478 e. The van der Waals surface area contributed by atoms with Crippen molar-refractivity contribution in [3.05, 3.63) is 197 Å². The van der Waals surface area contributed by atoms with E-state index in [0.29, 0.717) is 128 Å². The van der Waals surface area contributed by atoms with E-state index in [1.807, 2.05) is 77.7 Å². The molecule has 5 fully saturated rings. The van der Waals surface area contributed by atoms with E-state index in [4.69, 9.17) is 65.8 Å². The highest BCUT2D eigenvalue weighted by Crippen LogP contribution is 2.34. The van der Waals surface area contributed by atoms with E-state index in [2.05, 4.69) is 76.5 Å². The molecule has 0 bridgehead atoms. The Morgan fingerprint density at radius 1 is 0.448 bits per heavy atom. The Balaban J connectivity index is 0.000000159. The number of ether oxygens (including phenoxy) is 7. The van der Waals surface area contributed by atoms with Crippen molar-refractivity contribution in [1.82, 2.24) is 105 Å². The number of fused-ring (bicyclic) bond motifs is 9. The van der Waals surface area contributed by atoms with Crippen LogP contribution in [-0.4, -0.2) is 193 Å². The molecule has 37 heteroatoms. The molecule has 2 unspecified atom stereocenters. The van der Waals surface area contributed by atoms with Crippen LogP contribution in [0.5, 0.6) is 17.6 Å². The highest BCUT2D eigenvalue weighted by atomic mass is 35.5. The van der Waals surface area contributed by atoms with E-state index in [0.717, 1.165) is 110 Å². The molecule has 20 rings (SSSR count). The number of aromatic carboxylic acids is 1. The SMILES string of the molecule is C1CNC1.Cl.O=C(O)c1ccc(COc2nn3c(-c4cc(COC5CCCCO5)on4)nnc3c3ccccc23)nc1.O=C(c1ccc(COc2nn3c(-c4cc(CO)on4)nnc3c3ccccc23)nc1)N1CCC1.O=C(c1ccc(COc2nn3c(-c4cc(COC5CCCCO5)on4)nnc3c3ccccc23)nc1)N1CCC1.[2HH].[2H][2H].[2H][2H].[2H][2H]. The van der Waals surface area contributed by atoms with E-state index in [-0.39, 0.29) is 83.4 Å². The van der Waals surface area contributed by atoms with Crippen molar-refractivity contribution < 1.29 is 81.7 Å². The number of amides is 2. The number of aliphatic hydroxyl groups is 1. The molecular weight excluding hydrogens is 1520 g/mol. The average molecular weight is 1610 g/mol. The molecule has 0 radical (unpaired) electrons. The van der Waals surface area contributed by atoms with Crippen LogP contribution < -0.4 is 19.5 Å². The summed E-state index contributed by atoms with van der Waals surface area (Å²) in [5.41, 5.74) is 6.13. The number of carboxylic acids is 1. The molecule has 3 aromatic carbocycles. The Hall–Kier alpha value is -13.0. The number of hydrogen-bond donors (Lipinski definition) is 3. The van der Waals surface area contributed by atoms with Gasteiger partial charge in [-0.2, -0.15) is 13.5 Å². The standard InChI is InChI=1S/C28H27N7O5.C25H22N6O6.C23H19N7O4.C3H7N.ClH.4H2/c36-28(34-11-5-12-34)18-9-10-19(29-15-18)16-39-27-22-7-2-1-6-21(22)25-30-31-26(35(25)32-27)23-14-20(40-33-23)17-38-24-8-3-4-13-37-24;32-25(33)15-8-9-16(26-12-15)13-36-24-19-6-2-1-5-18(19)22-27-28-23(31(22)29-24)20-11-17(37-30-20)14-35-21-7-3-4-10-34-21;31-12-16-10-19(28-34-16)21-26-25-20-17-4-1-2-5-18(17)22(27-30(20)21)33-13-15-7-6-14(11-24-15)23(32)29-8-3-9-29;1-2-4-3-1;;;;;/h1-2,6-7,9-10,14-15,24H,3-5,8,11-13,16-17H2;1-2,5-6,8-9,11-12,21H,3-4,7,10,13-14H2,(H,32,33);1-2,4-7,10-11,31H,3,8-9,12-13H2;4H,1-3H2;5*1H/i;;;;;3*1+1D;1+1. The lowest BCUT2D eigenvalue weighted by Crippen LogP contribution is -2.42. The van der Waals surface area contributed by atoms with Crippen LogP contribution in [0.25, 0.3) is 83.8 Å². The molecule has 0 saturated carbocycles. The highest BCUT2D eigenvalue weighted by molar-refractivity contribution is 5.99. The molecule has 36 nitrogen and oxygen atoms in total. The molecule has 12 aromatic heterocycles. The van der Waals surface area contributed by atoms with Gasteiger partial charge in [-0.3, -0.25) is 24.5 Å². The maximum atomic E-state index is 12.4. The van der Waals surface area contributed by atoms with Crippen molar-refractivity contribution in [3.63, 3.8) is 0 Å². The van der Waals surface area contributed by atoms with Crippen molar-refractivity contribution in [2.45, 2.75) is 110 Å². The third-order valence-electron chi connectivity index (χ3n) is 19.6. The van der Waals surface area contributed by atoms with Gasteiger partial charge in [0.2, 0.25) is 35.1 Å². The van der Waals surface area contributed by atoms with Crippen LogP contribution >= 0.6 is 12.4 Å². The minimum absolute atomic E-state index is 0. The normalized spacial score (nSPS) is 16.0. The second-order valence-corrected chi connectivity index (χ2v) is 27.4. The summed E-state index contributed by atoms with van der Waals surface area (Å²) in [5, 5.41) is 78.3. The van der Waals surface area contributed by atoms with Crippen molar-refractivity contribution >= 4 is 79.4 Å². The number of carbonyl (C=O) groups is 3. The number of nitrogens with one attached hydrogen (secondary N) is 1. The van der Waals surface area contributed by atoms with Gasteiger partial charge in [-0.25, -0.2) is 4.79 Å². The number of carboxylic acid groups (broad SMARTS) is 1. The summed E-state index contributed by atoms with van der Waals surface area (Å²) >= 11 is 0. The third kappa shape index (κ3) is 17.1. The van der Waals surface area contributed by atoms with Crippen LogP contribution in [0.2, 0.25) is 0 Å². The van der Waals surface area contributed by atoms with E-state index in [1.165, 1.54) is 31.8 Å². The molecule has 2 atom stereocenters. The molecule has 5 saturated heterocycles. The van der Waals surface area contributed by atoms with Crippen LogP contribution in [-0.2, 0) is 58.6 Å². The number of aromatic nitrogens is 18. The van der Waals surface area contributed by atoms with Gasteiger partial charge in [0, 0.05) is 119 Å². The maximum absolute atomic E-state index is 12.4. The zero-order chi connectivity index (χ0) is 84.0. The number of hydrogen-bond acceptors (Lipinski definition) is 30. The van der Waals surface area contributed by atoms with Crippen LogP contribution in [0.4, 0.5) is 0 Å². The summed E-state index contributed by atoms with van der Waals surface area (Å²) in [6.45, 7) is 7.73. The van der Waals surface area contributed by atoms with Crippen LogP contribution in [0.3, 0.4) is 0 Å². The van der Waals surface area contributed by atoms with E-state index in [1.54, 1.807) is 79.4 Å². The van der Waals surface area contributed by atoms with Crippen molar-refractivity contribution in [3.8, 4) is 52.2 Å². The molecule has 5 aliphatic rings. The Bertz CT molecular complexity index is 5970. The zero-order valence-electron chi connectivity index (χ0n) is 68.3. The second-order valence-electron chi connectivity index (χ2n) is 27.4. The Kier molecular flexibility index (Phi) is 22.5. The lowest BCUT2D eigenvalue weighted by molar-refractivity contribution is -0.171. The lowest BCUT2D eigenvalue weighted by atomic mass is 10.1. The lowest BCUT2D eigenvalue weighted by Gasteiger charge is -2.30. The molecule has 0 spiro atoms. The molecule has 116 heavy (non-hydrogen) atoms. The van der Waals surface area contributed by atoms with Gasteiger partial charge in [0.15, 0.2) is 63.9 Å². The summed E-state index contributed by atoms with van der Waals surface area (Å²) in [7, 11) is 0. The topological polar surface area (TPSA) is 421 Å². The first-order chi connectivity index (χ1) is 59.6. The van der Waals surface area contributed by atoms with Gasteiger partial charge in [0.1, 0.15) is 39.6 Å². The quantitative estimate of drug-likeness (QED) is 0.0567. The van der Waals surface area contributed by atoms with Gasteiger partial charge in [0.25, 0.3) is 11.8 Å². The second kappa shape index (κ2) is 35.6. The number of pyridine rings is 3.